The summed E-state index contributed by atoms with van der Waals surface area (Å²) in [6, 6.07) is 5.94. The molecule has 0 saturated heterocycles. The zero-order valence-corrected chi connectivity index (χ0v) is 13.1. The second-order valence-corrected chi connectivity index (χ2v) is 4.85. The van der Waals surface area contributed by atoms with E-state index in [0.717, 1.165) is 41.3 Å². The second-order valence-electron chi connectivity index (χ2n) is 4.85. The summed E-state index contributed by atoms with van der Waals surface area (Å²) in [5, 5.41) is 8.24. The van der Waals surface area contributed by atoms with Crippen LogP contribution >= 0.6 is 0 Å². The van der Waals surface area contributed by atoms with Crippen LogP contribution in [0.5, 0.6) is 11.5 Å². The van der Waals surface area contributed by atoms with Crippen molar-refractivity contribution in [1.29, 1.82) is 0 Å². The quantitative estimate of drug-likeness (QED) is 0.752. The summed E-state index contributed by atoms with van der Waals surface area (Å²) in [4.78, 5) is 0. The number of rotatable bonds is 8. The Hall–Kier alpha value is -2.34. The van der Waals surface area contributed by atoms with Crippen molar-refractivity contribution in [2.75, 3.05) is 14.2 Å². The third-order valence-electron chi connectivity index (χ3n) is 3.51. The fourth-order valence-corrected chi connectivity index (χ4v) is 2.37. The molecule has 6 heteroatoms. The van der Waals surface area contributed by atoms with Crippen LogP contribution in [-0.2, 0) is 25.9 Å². The predicted molar refractivity (Wildman–Crippen MR) is 85.1 cm³/mol. The topological polar surface area (TPSA) is 75.2 Å². The summed E-state index contributed by atoms with van der Waals surface area (Å²) in [6.45, 7) is 4.76. The second kappa shape index (κ2) is 7.61. The van der Waals surface area contributed by atoms with Crippen molar-refractivity contribution in [3.63, 3.8) is 0 Å². The lowest BCUT2D eigenvalue weighted by molar-refractivity contribution is 0.354. The Labute approximate surface area is 130 Å². The van der Waals surface area contributed by atoms with Gasteiger partial charge in [-0.15, -0.1) is 11.7 Å². The van der Waals surface area contributed by atoms with Crippen LogP contribution in [-0.4, -0.2) is 29.2 Å². The molecule has 1 heterocycles. The standard InChI is InChI=1S/C16H22N4O2/c1-4-9-20-14(13(11-17)18-19-20)7-5-12-6-8-15(21-2)16(10-12)22-3/h4,6,8,10H,1,5,7,9,11,17H2,2-3H3. The van der Waals surface area contributed by atoms with E-state index < -0.39 is 0 Å². The van der Waals surface area contributed by atoms with Crippen LogP contribution in [0.2, 0.25) is 0 Å². The van der Waals surface area contributed by atoms with E-state index in [1.54, 1.807) is 20.3 Å². The minimum Gasteiger partial charge on any atom is -0.493 e. The first-order valence-corrected chi connectivity index (χ1v) is 7.16. The van der Waals surface area contributed by atoms with Crippen molar-refractivity contribution < 1.29 is 9.47 Å². The maximum Gasteiger partial charge on any atom is 0.160 e. The van der Waals surface area contributed by atoms with E-state index in [4.69, 9.17) is 15.2 Å². The highest BCUT2D eigenvalue weighted by Gasteiger charge is 2.12. The molecule has 0 aliphatic rings. The molecular weight excluding hydrogens is 280 g/mol. The largest absolute Gasteiger partial charge is 0.493 e. The van der Waals surface area contributed by atoms with Crippen molar-refractivity contribution >= 4 is 0 Å². The van der Waals surface area contributed by atoms with E-state index in [-0.39, 0.29) is 0 Å². The Kier molecular flexibility index (Phi) is 5.55. The minimum absolute atomic E-state index is 0.387. The first-order chi connectivity index (χ1) is 10.7. The maximum atomic E-state index is 5.73. The van der Waals surface area contributed by atoms with E-state index in [9.17, 15) is 0 Å². The summed E-state index contributed by atoms with van der Waals surface area (Å²) < 4.78 is 12.4. The summed E-state index contributed by atoms with van der Waals surface area (Å²) >= 11 is 0. The van der Waals surface area contributed by atoms with Gasteiger partial charge in [-0.3, -0.25) is 0 Å². The summed E-state index contributed by atoms with van der Waals surface area (Å²) in [5.74, 6) is 1.46. The minimum atomic E-state index is 0.387. The molecule has 0 saturated carbocycles. The van der Waals surface area contributed by atoms with E-state index >= 15 is 0 Å². The third-order valence-corrected chi connectivity index (χ3v) is 3.51. The number of nitrogens with zero attached hydrogens (tertiary/aromatic N) is 3. The number of hydrogen-bond acceptors (Lipinski definition) is 5. The van der Waals surface area contributed by atoms with Gasteiger partial charge in [0.2, 0.25) is 0 Å². The normalized spacial score (nSPS) is 10.5. The molecule has 0 radical (unpaired) electrons. The average molecular weight is 302 g/mol. The van der Waals surface area contributed by atoms with E-state index in [2.05, 4.69) is 16.9 Å². The van der Waals surface area contributed by atoms with Gasteiger partial charge in [0.05, 0.1) is 32.2 Å². The molecule has 0 aliphatic carbocycles. The van der Waals surface area contributed by atoms with Gasteiger partial charge in [0.25, 0.3) is 0 Å². The highest BCUT2D eigenvalue weighted by atomic mass is 16.5. The highest BCUT2D eigenvalue weighted by molar-refractivity contribution is 5.43. The number of allylic oxidation sites excluding steroid dienone is 1. The van der Waals surface area contributed by atoms with Gasteiger partial charge in [0.1, 0.15) is 0 Å². The molecule has 0 unspecified atom stereocenters. The zero-order valence-electron chi connectivity index (χ0n) is 13.1. The average Bonchev–Trinajstić information content (AvgIpc) is 2.94. The number of hydrogen-bond donors (Lipinski definition) is 1. The van der Waals surface area contributed by atoms with E-state index in [1.807, 2.05) is 22.9 Å². The number of aromatic nitrogens is 3. The van der Waals surface area contributed by atoms with Gasteiger partial charge in [0.15, 0.2) is 11.5 Å². The predicted octanol–water partition coefficient (Wildman–Crippen LogP) is 1.73. The molecule has 2 N–H and O–H groups in total. The fourth-order valence-electron chi connectivity index (χ4n) is 2.37. The molecule has 118 valence electrons. The van der Waals surface area contributed by atoms with E-state index in [0.29, 0.717) is 13.1 Å². The van der Waals surface area contributed by atoms with Crippen LogP contribution in [0.4, 0.5) is 0 Å². The Morgan fingerprint density at radius 2 is 2.00 bits per heavy atom. The van der Waals surface area contributed by atoms with Crippen molar-refractivity contribution in [2.24, 2.45) is 5.73 Å². The molecule has 2 rings (SSSR count). The molecule has 1 aromatic carbocycles. The van der Waals surface area contributed by atoms with Crippen LogP contribution in [0, 0.1) is 0 Å². The van der Waals surface area contributed by atoms with Crippen LogP contribution in [0.1, 0.15) is 17.0 Å². The molecule has 2 aromatic rings. The van der Waals surface area contributed by atoms with Crippen LogP contribution in [0.3, 0.4) is 0 Å². The van der Waals surface area contributed by atoms with Gasteiger partial charge in [-0.1, -0.05) is 17.4 Å². The van der Waals surface area contributed by atoms with Crippen molar-refractivity contribution in [3.05, 3.63) is 47.8 Å². The Bertz CT molecular complexity index is 637. The number of benzene rings is 1. The molecule has 0 bridgehead atoms. The van der Waals surface area contributed by atoms with Crippen molar-refractivity contribution in [1.82, 2.24) is 15.0 Å². The number of aryl methyl sites for hydroxylation is 1. The molecule has 0 spiro atoms. The number of nitrogens with two attached hydrogens (primary N) is 1. The lowest BCUT2D eigenvalue weighted by atomic mass is 10.1. The zero-order chi connectivity index (χ0) is 15.9. The van der Waals surface area contributed by atoms with Crippen LogP contribution in [0.25, 0.3) is 0 Å². The molecule has 0 aliphatic heterocycles. The molecule has 6 nitrogen and oxygen atoms in total. The van der Waals surface area contributed by atoms with Gasteiger partial charge in [0, 0.05) is 6.54 Å². The molecular formula is C16H22N4O2. The molecule has 0 amide bonds. The van der Waals surface area contributed by atoms with Gasteiger partial charge in [-0.25, -0.2) is 4.68 Å². The first-order valence-electron chi connectivity index (χ1n) is 7.16. The third kappa shape index (κ3) is 3.46. The number of methoxy groups -OCH3 is 2. The van der Waals surface area contributed by atoms with Crippen molar-refractivity contribution in [2.45, 2.75) is 25.9 Å². The van der Waals surface area contributed by atoms with Crippen LogP contribution in [0.15, 0.2) is 30.9 Å². The maximum absolute atomic E-state index is 5.73. The van der Waals surface area contributed by atoms with Crippen LogP contribution < -0.4 is 15.2 Å². The lowest BCUT2D eigenvalue weighted by Crippen LogP contribution is -2.08. The van der Waals surface area contributed by atoms with Gasteiger partial charge in [-0.05, 0) is 30.5 Å². The van der Waals surface area contributed by atoms with Crippen molar-refractivity contribution in [3.8, 4) is 11.5 Å². The van der Waals surface area contributed by atoms with E-state index in [1.165, 1.54) is 0 Å². The Morgan fingerprint density at radius 1 is 1.23 bits per heavy atom. The molecule has 0 atom stereocenters. The lowest BCUT2D eigenvalue weighted by Gasteiger charge is -2.10. The summed E-state index contributed by atoms with van der Waals surface area (Å²) in [6.07, 6.45) is 3.45. The summed E-state index contributed by atoms with van der Waals surface area (Å²) in [5.41, 5.74) is 8.78. The number of ether oxygens (including phenoxy) is 2. The summed E-state index contributed by atoms with van der Waals surface area (Å²) in [7, 11) is 3.27. The first kappa shape index (κ1) is 16.0. The van der Waals surface area contributed by atoms with Gasteiger partial charge in [-0.2, -0.15) is 0 Å². The monoisotopic (exact) mass is 302 g/mol. The molecule has 1 aromatic heterocycles. The SMILES string of the molecule is C=CCn1nnc(CN)c1CCc1ccc(OC)c(OC)c1. The Morgan fingerprint density at radius 3 is 2.64 bits per heavy atom. The Balaban J connectivity index is 2.16. The molecule has 0 fully saturated rings. The highest BCUT2D eigenvalue weighted by Crippen LogP contribution is 2.28. The van der Waals surface area contributed by atoms with Gasteiger partial charge >= 0.3 is 0 Å². The smallest absolute Gasteiger partial charge is 0.160 e. The van der Waals surface area contributed by atoms with Gasteiger partial charge < -0.3 is 15.2 Å². The molecule has 22 heavy (non-hydrogen) atoms. The fraction of sp³-hybridized carbons (Fsp3) is 0.375.